The van der Waals surface area contributed by atoms with Gasteiger partial charge >= 0.3 is 6.09 Å². The van der Waals surface area contributed by atoms with E-state index in [2.05, 4.69) is 30.5 Å². The number of ether oxygens (including phenoxy) is 1. The molecule has 1 saturated heterocycles. The molecule has 8 nitrogen and oxygen atoms in total. The summed E-state index contributed by atoms with van der Waals surface area (Å²) in [4.78, 5) is 28.1. The quantitative estimate of drug-likeness (QED) is 0.425. The smallest absolute Gasteiger partial charge is 0.408 e. The van der Waals surface area contributed by atoms with E-state index in [1.807, 2.05) is 26.8 Å². The van der Waals surface area contributed by atoms with Crippen molar-refractivity contribution in [3.8, 4) is 0 Å². The van der Waals surface area contributed by atoms with Gasteiger partial charge in [0.2, 0.25) is 0 Å². The van der Waals surface area contributed by atoms with Crippen molar-refractivity contribution in [1.29, 1.82) is 0 Å². The maximum Gasteiger partial charge on any atom is 0.408 e. The number of benzene rings is 1. The molecule has 38 heavy (non-hydrogen) atoms. The second-order valence-corrected chi connectivity index (χ2v) is 11.2. The zero-order chi connectivity index (χ0) is 27.4. The third-order valence-corrected chi connectivity index (χ3v) is 7.01. The van der Waals surface area contributed by atoms with Crippen LogP contribution >= 0.6 is 0 Å². The van der Waals surface area contributed by atoms with Gasteiger partial charge in [-0.1, -0.05) is 18.2 Å². The first-order valence-corrected chi connectivity index (χ1v) is 12.6. The first-order chi connectivity index (χ1) is 17.8. The van der Waals surface area contributed by atoms with Crippen LogP contribution in [-0.4, -0.2) is 45.3 Å². The van der Waals surface area contributed by atoms with Crippen LogP contribution in [0, 0.1) is 18.7 Å². The number of piperidine rings is 1. The Morgan fingerprint density at radius 1 is 1.24 bits per heavy atom. The minimum absolute atomic E-state index is 0.122. The number of amides is 1. The van der Waals surface area contributed by atoms with Gasteiger partial charge in [-0.05, 0) is 47.1 Å². The molecule has 0 unspecified atom stereocenters. The highest BCUT2D eigenvalue weighted by Crippen LogP contribution is 2.50. The summed E-state index contributed by atoms with van der Waals surface area (Å²) in [6, 6.07) is 5.22. The van der Waals surface area contributed by atoms with Crippen LogP contribution in [0.3, 0.4) is 0 Å². The van der Waals surface area contributed by atoms with Gasteiger partial charge in [-0.25, -0.2) is 32.9 Å². The Bertz CT molecular complexity index is 1400. The van der Waals surface area contributed by atoms with Gasteiger partial charge in [0, 0.05) is 30.0 Å². The Morgan fingerprint density at radius 3 is 2.68 bits per heavy atom. The van der Waals surface area contributed by atoms with Crippen molar-refractivity contribution in [2.24, 2.45) is 5.92 Å². The normalized spacial score (nSPS) is 21.4. The number of rotatable bonds is 6. The van der Waals surface area contributed by atoms with Crippen LogP contribution in [0.1, 0.15) is 63.5 Å². The number of hydrogen-bond acceptors (Lipinski definition) is 7. The molecule has 3 aromatic rings. The Labute approximate surface area is 219 Å². The largest absolute Gasteiger partial charge is 0.444 e. The zero-order valence-corrected chi connectivity index (χ0v) is 22.0. The highest BCUT2D eigenvalue weighted by molar-refractivity contribution is 5.90. The number of anilines is 2. The number of carbonyl (C=O) groups excluding carboxylic acids is 1. The van der Waals surface area contributed by atoms with Gasteiger partial charge in [-0.3, -0.25) is 0 Å². The van der Waals surface area contributed by atoms with Crippen molar-refractivity contribution >= 4 is 28.6 Å². The van der Waals surface area contributed by atoms with Crippen LogP contribution in [-0.2, 0) is 4.74 Å². The molecule has 2 fully saturated rings. The topological polar surface area (TPSA) is 92.3 Å². The molecule has 3 atom stereocenters. The number of alkyl carbamates (subject to hydrolysis) is 1. The molecule has 0 spiro atoms. The van der Waals surface area contributed by atoms with Crippen molar-refractivity contribution in [1.82, 2.24) is 20.3 Å². The number of nitrogens with one attached hydrogen (secondary N) is 2. The van der Waals surface area contributed by atoms with E-state index in [-0.39, 0.29) is 11.1 Å². The monoisotopic (exact) mass is 528 g/mol. The molecule has 1 aliphatic heterocycles. The Morgan fingerprint density at radius 2 is 1.97 bits per heavy atom. The number of pyridine rings is 1. The lowest BCUT2D eigenvalue weighted by atomic mass is 10.0. The Kier molecular flexibility index (Phi) is 6.35. The number of hydrogen-bond donors (Lipinski definition) is 2. The van der Waals surface area contributed by atoms with Crippen molar-refractivity contribution in [3.63, 3.8) is 0 Å². The van der Waals surface area contributed by atoms with Gasteiger partial charge < -0.3 is 20.3 Å². The molecule has 5 rings (SSSR count). The predicted molar refractivity (Wildman–Crippen MR) is 138 cm³/mol. The molecule has 1 saturated carbocycles. The van der Waals surface area contributed by atoms with Crippen LogP contribution in [0.15, 0.2) is 30.5 Å². The molecule has 11 heteroatoms. The zero-order valence-electron chi connectivity index (χ0n) is 22.0. The van der Waals surface area contributed by atoms with Crippen molar-refractivity contribution in [2.75, 3.05) is 23.3 Å². The fourth-order valence-electron chi connectivity index (χ4n) is 5.13. The van der Waals surface area contributed by atoms with Gasteiger partial charge in [0.25, 0.3) is 6.43 Å². The number of alkyl halides is 2. The maximum absolute atomic E-state index is 14.8. The van der Waals surface area contributed by atoms with Crippen LogP contribution in [0.5, 0.6) is 0 Å². The van der Waals surface area contributed by atoms with Crippen molar-refractivity contribution < 1.29 is 22.7 Å². The predicted octanol–water partition coefficient (Wildman–Crippen LogP) is 5.69. The summed E-state index contributed by atoms with van der Waals surface area (Å²) >= 11 is 0. The summed E-state index contributed by atoms with van der Waals surface area (Å²) in [5.41, 5.74) is -0.829. The van der Waals surface area contributed by atoms with Crippen LogP contribution in [0.4, 0.5) is 29.6 Å². The minimum Gasteiger partial charge on any atom is -0.444 e. The fraction of sp³-hybridized carbons (Fsp3) is 0.481. The average molecular weight is 529 g/mol. The summed E-state index contributed by atoms with van der Waals surface area (Å²) in [5.74, 6) is 1.01. The standard InChI is InChI=1S/C27H31F3N6O2/c1-14(17-7-6-8-18(22(17)28)23(29)30)32-24-19-9-21(31-11-20(19)33-15(2)34-24)36-12-16-10-27(16,13-36)35-25(37)38-26(3,4)5/h6-9,11,14,16,23H,10,12-13H2,1-5H3,(H,35,37)(H,32,33,34)/t14-,16-,27-/m1/s1. The summed E-state index contributed by atoms with van der Waals surface area (Å²) in [6.07, 6.45) is -0.796. The van der Waals surface area contributed by atoms with Crippen molar-refractivity contribution in [3.05, 3.63) is 53.2 Å². The number of carbonyl (C=O) groups is 1. The number of fused-ring (bicyclic) bond motifs is 2. The van der Waals surface area contributed by atoms with E-state index in [0.717, 1.165) is 19.0 Å². The molecule has 0 bridgehead atoms. The van der Waals surface area contributed by atoms with Gasteiger partial charge in [-0.2, -0.15) is 0 Å². The lowest BCUT2D eigenvalue weighted by molar-refractivity contribution is 0.0498. The summed E-state index contributed by atoms with van der Waals surface area (Å²) in [7, 11) is 0. The fourth-order valence-corrected chi connectivity index (χ4v) is 5.13. The molecule has 202 valence electrons. The van der Waals surface area contributed by atoms with E-state index < -0.39 is 35.5 Å². The number of halogens is 3. The highest BCUT2D eigenvalue weighted by atomic mass is 19.3. The van der Waals surface area contributed by atoms with E-state index in [9.17, 15) is 18.0 Å². The third-order valence-electron chi connectivity index (χ3n) is 7.01. The average Bonchev–Trinajstić information content (AvgIpc) is 3.35. The second-order valence-electron chi connectivity index (χ2n) is 11.2. The molecule has 1 amide bonds. The number of nitrogens with zero attached hydrogens (tertiary/aromatic N) is 4. The van der Waals surface area contributed by atoms with Gasteiger partial charge in [0.15, 0.2) is 0 Å². The molecule has 1 aliphatic carbocycles. The van der Waals surface area contributed by atoms with Crippen LogP contribution < -0.4 is 15.5 Å². The molecular formula is C27H31F3N6O2. The maximum atomic E-state index is 14.8. The van der Waals surface area contributed by atoms with Gasteiger partial charge in [0.1, 0.15) is 28.9 Å². The van der Waals surface area contributed by atoms with Gasteiger partial charge in [-0.15, -0.1) is 0 Å². The molecule has 3 heterocycles. The second kappa shape index (κ2) is 9.28. The van der Waals surface area contributed by atoms with Crippen molar-refractivity contribution in [2.45, 2.75) is 64.6 Å². The Balaban J connectivity index is 1.39. The van der Waals surface area contributed by atoms with E-state index in [4.69, 9.17) is 4.74 Å². The summed E-state index contributed by atoms with van der Waals surface area (Å²) in [5, 5.41) is 6.90. The summed E-state index contributed by atoms with van der Waals surface area (Å²) < 4.78 is 46.7. The minimum atomic E-state index is -2.90. The molecular weight excluding hydrogens is 497 g/mol. The first-order valence-electron chi connectivity index (χ1n) is 12.6. The van der Waals surface area contributed by atoms with E-state index in [1.165, 1.54) is 12.1 Å². The third kappa shape index (κ3) is 5.06. The van der Waals surface area contributed by atoms with Gasteiger partial charge in [0.05, 0.1) is 28.9 Å². The summed E-state index contributed by atoms with van der Waals surface area (Å²) in [6.45, 7) is 10.2. The lowest BCUT2D eigenvalue weighted by Crippen LogP contribution is -2.44. The molecule has 2 aromatic heterocycles. The first kappa shape index (κ1) is 26.0. The van der Waals surface area contributed by atoms with E-state index in [1.54, 1.807) is 20.0 Å². The molecule has 2 aliphatic rings. The van der Waals surface area contributed by atoms with Crippen LogP contribution in [0.25, 0.3) is 10.9 Å². The highest BCUT2D eigenvalue weighted by Gasteiger charge is 2.61. The lowest BCUT2D eigenvalue weighted by Gasteiger charge is -2.25. The Hall–Kier alpha value is -3.63. The SMILES string of the molecule is Cc1nc(N[C@H](C)c2cccc(C(F)F)c2F)c2cc(N3C[C@H]4C[C@@]4(NC(=O)OC(C)(C)C)C3)ncc2n1. The molecule has 1 aromatic carbocycles. The van der Waals surface area contributed by atoms with E-state index >= 15 is 0 Å². The number of aryl methyl sites for hydroxylation is 1. The molecule has 0 radical (unpaired) electrons. The van der Waals surface area contributed by atoms with E-state index in [0.29, 0.717) is 40.8 Å². The number of aromatic nitrogens is 3. The van der Waals surface area contributed by atoms with Crippen LogP contribution in [0.2, 0.25) is 0 Å². The molecule has 2 N–H and O–H groups in total.